The molecule has 1 aromatic rings. The predicted molar refractivity (Wildman–Crippen MR) is 67.3 cm³/mol. The van der Waals surface area contributed by atoms with Crippen LogP contribution in [0.3, 0.4) is 0 Å². The first-order valence-corrected chi connectivity index (χ1v) is 6.10. The molecule has 0 aliphatic heterocycles. The summed E-state index contributed by atoms with van der Waals surface area (Å²) in [5.41, 5.74) is 0.852. The molecular weight excluding hydrogens is 225 g/mol. The van der Waals surface area contributed by atoms with Crippen molar-refractivity contribution in [1.29, 1.82) is 0 Å². The second-order valence-corrected chi connectivity index (χ2v) is 4.55. The Morgan fingerprint density at radius 1 is 1.44 bits per heavy atom. The Kier molecular flexibility index (Phi) is 5.23. The van der Waals surface area contributed by atoms with E-state index in [1.807, 2.05) is 13.1 Å². The minimum atomic E-state index is -0.344. The Labute approximate surface area is 102 Å². The van der Waals surface area contributed by atoms with Gasteiger partial charge in [0.15, 0.2) is 0 Å². The lowest BCUT2D eigenvalue weighted by Crippen LogP contribution is -2.24. The average molecular weight is 244 g/mol. The van der Waals surface area contributed by atoms with Gasteiger partial charge in [-0.1, -0.05) is 44.0 Å². The van der Waals surface area contributed by atoms with Gasteiger partial charge in [0, 0.05) is 6.04 Å². The maximum Gasteiger partial charge on any atom is 0.142 e. The summed E-state index contributed by atoms with van der Waals surface area (Å²) in [6, 6.07) is 5.10. The third-order valence-corrected chi connectivity index (χ3v) is 3.34. The average Bonchev–Trinajstić information content (AvgIpc) is 2.25. The smallest absolute Gasteiger partial charge is 0.142 e. The van der Waals surface area contributed by atoms with Crippen LogP contribution in [-0.2, 0) is 0 Å². The van der Waals surface area contributed by atoms with E-state index in [4.69, 9.17) is 11.6 Å². The van der Waals surface area contributed by atoms with E-state index in [9.17, 15) is 4.39 Å². The molecule has 3 heteroatoms. The maximum absolute atomic E-state index is 13.4. The molecule has 1 rings (SSSR count). The highest BCUT2D eigenvalue weighted by atomic mass is 35.5. The molecule has 0 amide bonds. The molecule has 0 aromatic heterocycles. The Hall–Kier alpha value is -0.600. The van der Waals surface area contributed by atoms with Crippen LogP contribution in [0.15, 0.2) is 18.2 Å². The quantitative estimate of drug-likeness (QED) is 0.818. The molecule has 0 aliphatic rings. The molecule has 0 bridgehead atoms. The zero-order chi connectivity index (χ0) is 12.1. The molecule has 1 nitrogen and oxygen atoms in total. The Morgan fingerprint density at radius 2 is 2.12 bits per heavy atom. The molecule has 90 valence electrons. The normalized spacial score (nSPS) is 14.8. The molecule has 0 radical (unpaired) electrons. The van der Waals surface area contributed by atoms with Crippen molar-refractivity contribution in [1.82, 2.24) is 5.32 Å². The van der Waals surface area contributed by atoms with E-state index in [-0.39, 0.29) is 16.9 Å². The minimum absolute atomic E-state index is 0.114. The van der Waals surface area contributed by atoms with Crippen LogP contribution in [0.4, 0.5) is 4.39 Å². The number of benzene rings is 1. The summed E-state index contributed by atoms with van der Waals surface area (Å²) in [7, 11) is 1.89. The lowest BCUT2D eigenvalue weighted by Gasteiger charge is -2.24. The topological polar surface area (TPSA) is 12.0 Å². The number of halogens is 2. The van der Waals surface area contributed by atoms with Crippen LogP contribution in [-0.4, -0.2) is 7.05 Å². The monoisotopic (exact) mass is 243 g/mol. The fourth-order valence-corrected chi connectivity index (χ4v) is 2.37. The highest BCUT2D eigenvalue weighted by Crippen LogP contribution is 2.31. The molecule has 0 fully saturated rings. The van der Waals surface area contributed by atoms with Crippen LogP contribution in [0, 0.1) is 11.7 Å². The fraction of sp³-hybridized carbons (Fsp3) is 0.538. The van der Waals surface area contributed by atoms with Gasteiger partial charge < -0.3 is 5.32 Å². The summed E-state index contributed by atoms with van der Waals surface area (Å²) in [5.74, 6) is 0.0948. The molecule has 0 aliphatic carbocycles. The standard InChI is InChI=1S/C13H19ClFN/c1-4-6-9(2)13(16-3)10-7-5-8-11(15)12(10)14/h5,7-9,13,16H,4,6H2,1-3H3. The first-order valence-electron chi connectivity index (χ1n) is 5.73. The third-order valence-electron chi connectivity index (χ3n) is 2.94. The van der Waals surface area contributed by atoms with Crippen LogP contribution in [0.5, 0.6) is 0 Å². The zero-order valence-corrected chi connectivity index (χ0v) is 10.8. The largest absolute Gasteiger partial charge is 0.313 e. The second kappa shape index (κ2) is 6.21. The summed E-state index contributed by atoms with van der Waals surface area (Å²) < 4.78 is 13.4. The summed E-state index contributed by atoms with van der Waals surface area (Å²) in [6.45, 7) is 4.31. The highest BCUT2D eigenvalue weighted by Gasteiger charge is 2.20. The molecule has 0 heterocycles. The van der Waals surface area contributed by atoms with Crippen molar-refractivity contribution in [2.75, 3.05) is 7.05 Å². The predicted octanol–water partition coefficient (Wildman–Crippen LogP) is 4.18. The van der Waals surface area contributed by atoms with Gasteiger partial charge in [-0.25, -0.2) is 4.39 Å². The van der Waals surface area contributed by atoms with E-state index < -0.39 is 0 Å². The summed E-state index contributed by atoms with van der Waals surface area (Å²) in [6.07, 6.45) is 2.21. The van der Waals surface area contributed by atoms with E-state index in [0.29, 0.717) is 5.92 Å². The van der Waals surface area contributed by atoms with Crippen LogP contribution in [0.25, 0.3) is 0 Å². The Bertz CT molecular complexity index is 341. The van der Waals surface area contributed by atoms with E-state index in [0.717, 1.165) is 18.4 Å². The van der Waals surface area contributed by atoms with Gasteiger partial charge >= 0.3 is 0 Å². The van der Waals surface area contributed by atoms with Crippen LogP contribution in [0.2, 0.25) is 5.02 Å². The van der Waals surface area contributed by atoms with Crippen molar-refractivity contribution in [2.24, 2.45) is 5.92 Å². The van der Waals surface area contributed by atoms with Crippen LogP contribution >= 0.6 is 11.6 Å². The van der Waals surface area contributed by atoms with Gasteiger partial charge in [-0.3, -0.25) is 0 Å². The van der Waals surface area contributed by atoms with Crippen molar-refractivity contribution >= 4 is 11.6 Å². The van der Waals surface area contributed by atoms with E-state index in [1.165, 1.54) is 6.07 Å². The number of hydrogen-bond donors (Lipinski definition) is 1. The van der Waals surface area contributed by atoms with E-state index in [1.54, 1.807) is 6.07 Å². The van der Waals surface area contributed by atoms with Gasteiger partial charge in [-0.15, -0.1) is 0 Å². The molecule has 16 heavy (non-hydrogen) atoms. The fourth-order valence-electron chi connectivity index (χ4n) is 2.13. The van der Waals surface area contributed by atoms with Gasteiger partial charge in [-0.2, -0.15) is 0 Å². The lowest BCUT2D eigenvalue weighted by atomic mass is 9.91. The van der Waals surface area contributed by atoms with Gasteiger partial charge in [0.2, 0.25) is 0 Å². The SMILES string of the molecule is CCCC(C)C(NC)c1cccc(F)c1Cl. The number of nitrogens with one attached hydrogen (secondary N) is 1. The number of hydrogen-bond acceptors (Lipinski definition) is 1. The third kappa shape index (κ3) is 2.96. The second-order valence-electron chi connectivity index (χ2n) is 4.18. The molecule has 2 atom stereocenters. The summed E-state index contributed by atoms with van der Waals surface area (Å²) >= 11 is 6.00. The molecule has 0 spiro atoms. The molecular formula is C13H19ClFN. The lowest BCUT2D eigenvalue weighted by molar-refractivity contribution is 0.383. The summed E-state index contributed by atoms with van der Waals surface area (Å²) in [5, 5.41) is 3.46. The van der Waals surface area contributed by atoms with Crippen molar-refractivity contribution in [3.8, 4) is 0 Å². The Balaban J connectivity index is 2.99. The van der Waals surface area contributed by atoms with Gasteiger partial charge in [0.25, 0.3) is 0 Å². The van der Waals surface area contributed by atoms with Gasteiger partial charge in [0.1, 0.15) is 5.82 Å². The first kappa shape index (κ1) is 13.5. The van der Waals surface area contributed by atoms with Crippen LogP contribution in [0.1, 0.15) is 38.3 Å². The molecule has 1 N–H and O–H groups in total. The van der Waals surface area contributed by atoms with Crippen molar-refractivity contribution in [3.05, 3.63) is 34.6 Å². The van der Waals surface area contributed by atoms with Crippen LogP contribution < -0.4 is 5.32 Å². The van der Waals surface area contributed by atoms with E-state index in [2.05, 4.69) is 19.2 Å². The molecule has 0 saturated carbocycles. The van der Waals surface area contributed by atoms with Gasteiger partial charge in [-0.05, 0) is 31.0 Å². The van der Waals surface area contributed by atoms with E-state index >= 15 is 0 Å². The Morgan fingerprint density at radius 3 is 2.69 bits per heavy atom. The molecule has 1 aromatic carbocycles. The van der Waals surface area contributed by atoms with Crippen molar-refractivity contribution < 1.29 is 4.39 Å². The summed E-state index contributed by atoms with van der Waals surface area (Å²) in [4.78, 5) is 0. The molecule has 2 unspecified atom stereocenters. The molecule has 0 saturated heterocycles. The number of rotatable bonds is 5. The van der Waals surface area contributed by atoms with Gasteiger partial charge in [0.05, 0.1) is 5.02 Å². The zero-order valence-electron chi connectivity index (χ0n) is 10.1. The minimum Gasteiger partial charge on any atom is -0.313 e. The van der Waals surface area contributed by atoms with Crippen molar-refractivity contribution in [3.63, 3.8) is 0 Å². The van der Waals surface area contributed by atoms with Crippen molar-refractivity contribution in [2.45, 2.75) is 32.7 Å². The highest BCUT2D eigenvalue weighted by molar-refractivity contribution is 6.31. The first-order chi connectivity index (χ1) is 7.61. The maximum atomic E-state index is 13.4.